The second-order valence-electron chi connectivity index (χ2n) is 6.95. The third-order valence-corrected chi connectivity index (χ3v) is 6.01. The number of unbranched alkanes of at least 4 members (excludes halogenated alkanes) is 2. The summed E-state index contributed by atoms with van der Waals surface area (Å²) in [5.74, 6) is 0.770. The van der Waals surface area contributed by atoms with Gasteiger partial charge in [0, 0.05) is 0 Å². The van der Waals surface area contributed by atoms with Gasteiger partial charge in [0.25, 0.3) is 0 Å². The van der Waals surface area contributed by atoms with E-state index in [2.05, 4.69) is 27.7 Å². The highest BCUT2D eigenvalue weighted by atomic mass is 35.5. The average Bonchev–Trinajstić information content (AvgIpc) is 2.60. The van der Waals surface area contributed by atoms with Gasteiger partial charge in [-0.25, -0.2) is 4.57 Å². The van der Waals surface area contributed by atoms with Crippen LogP contribution in [0.4, 0.5) is 0 Å². The minimum Gasteiger partial charge on any atom is -0.287 e. The van der Waals surface area contributed by atoms with Crippen LogP contribution in [0.3, 0.4) is 0 Å². The zero-order chi connectivity index (χ0) is 19.1. The van der Waals surface area contributed by atoms with Crippen LogP contribution in [0.2, 0.25) is 0 Å². The predicted octanol–water partition coefficient (Wildman–Crippen LogP) is 7.20. The highest BCUT2D eigenvalue weighted by Crippen LogP contribution is 2.51. The summed E-state index contributed by atoms with van der Waals surface area (Å²) in [4.78, 5) is 0. The summed E-state index contributed by atoms with van der Waals surface area (Å²) in [7, 11) is -3.56. The van der Waals surface area contributed by atoms with Crippen molar-refractivity contribution >= 4 is 19.4 Å². The SMILES string of the molecule is CCCCC(CC)COP(=O)(OCC(C)Cl)OCC(CC)CCCC. The van der Waals surface area contributed by atoms with Gasteiger partial charge < -0.3 is 0 Å². The lowest BCUT2D eigenvalue weighted by Crippen LogP contribution is -2.15. The van der Waals surface area contributed by atoms with Gasteiger partial charge in [0.05, 0.1) is 25.2 Å². The number of phosphoric acid groups is 1. The molecule has 25 heavy (non-hydrogen) atoms. The predicted molar refractivity (Wildman–Crippen MR) is 107 cm³/mol. The van der Waals surface area contributed by atoms with Crippen molar-refractivity contribution in [3.05, 3.63) is 0 Å². The molecular formula is C19H40ClO4P. The molecule has 0 N–H and O–H groups in total. The van der Waals surface area contributed by atoms with Crippen LogP contribution in [0.1, 0.15) is 86.0 Å². The van der Waals surface area contributed by atoms with Gasteiger partial charge in [-0.05, 0) is 31.6 Å². The van der Waals surface area contributed by atoms with E-state index in [0.717, 1.165) is 51.4 Å². The number of halogens is 1. The first-order valence-corrected chi connectivity index (χ1v) is 12.0. The van der Waals surface area contributed by atoms with Crippen molar-refractivity contribution in [2.45, 2.75) is 91.4 Å². The molecule has 6 heteroatoms. The summed E-state index contributed by atoms with van der Waals surface area (Å²) < 4.78 is 29.8. The fraction of sp³-hybridized carbons (Fsp3) is 1.00. The van der Waals surface area contributed by atoms with E-state index in [-0.39, 0.29) is 12.0 Å². The second-order valence-corrected chi connectivity index (χ2v) is 9.36. The van der Waals surface area contributed by atoms with Crippen molar-refractivity contribution in [3.8, 4) is 0 Å². The van der Waals surface area contributed by atoms with E-state index in [4.69, 9.17) is 25.2 Å². The van der Waals surface area contributed by atoms with Gasteiger partial charge in [0.1, 0.15) is 0 Å². The molecule has 0 fully saturated rings. The zero-order valence-electron chi connectivity index (χ0n) is 17.0. The highest BCUT2D eigenvalue weighted by Gasteiger charge is 2.29. The molecule has 0 aliphatic carbocycles. The Morgan fingerprint density at radius 1 is 0.800 bits per heavy atom. The molecule has 0 aromatic heterocycles. The molecule has 0 aliphatic rings. The largest absolute Gasteiger partial charge is 0.474 e. The molecule has 3 atom stereocenters. The standard InChI is InChI=1S/C19H40ClO4P/c1-6-10-12-18(8-3)15-23-25(21,22-14-17(5)20)24-16-19(9-4)13-11-7-2/h17-19H,6-16H2,1-5H3. The summed E-state index contributed by atoms with van der Waals surface area (Å²) in [5, 5.41) is -0.232. The fourth-order valence-corrected chi connectivity index (χ4v) is 4.06. The van der Waals surface area contributed by atoms with Crippen LogP contribution in [0.15, 0.2) is 0 Å². The minimum atomic E-state index is -3.56. The Labute approximate surface area is 161 Å². The lowest BCUT2D eigenvalue weighted by atomic mass is 10.0. The Kier molecular flexibility index (Phi) is 15.7. The highest BCUT2D eigenvalue weighted by molar-refractivity contribution is 7.48. The molecule has 0 radical (unpaired) electrons. The van der Waals surface area contributed by atoms with Crippen LogP contribution in [0.5, 0.6) is 0 Å². The van der Waals surface area contributed by atoms with Crippen molar-refractivity contribution in [3.63, 3.8) is 0 Å². The van der Waals surface area contributed by atoms with Gasteiger partial charge in [-0.1, -0.05) is 66.2 Å². The molecule has 0 heterocycles. The normalized spacial score (nSPS) is 17.8. The molecule has 4 nitrogen and oxygen atoms in total. The van der Waals surface area contributed by atoms with Crippen molar-refractivity contribution in [1.29, 1.82) is 0 Å². The molecule has 0 amide bonds. The number of hydrogen-bond acceptors (Lipinski definition) is 4. The number of phosphoric ester groups is 1. The molecule has 0 rings (SSSR count). The van der Waals surface area contributed by atoms with Gasteiger partial charge in [-0.2, -0.15) is 0 Å². The molecule has 0 aromatic carbocycles. The smallest absolute Gasteiger partial charge is 0.287 e. The molecular weight excluding hydrogens is 359 g/mol. The summed E-state index contributed by atoms with van der Waals surface area (Å²) >= 11 is 5.94. The number of rotatable bonds is 17. The van der Waals surface area contributed by atoms with E-state index in [9.17, 15) is 4.57 Å². The number of alkyl halides is 1. The lowest BCUT2D eigenvalue weighted by molar-refractivity contribution is 0.0847. The zero-order valence-corrected chi connectivity index (χ0v) is 18.6. The maximum atomic E-state index is 13.0. The Hall–Kier alpha value is 0.400. The van der Waals surface area contributed by atoms with E-state index < -0.39 is 7.82 Å². The van der Waals surface area contributed by atoms with Gasteiger partial charge in [-0.3, -0.25) is 13.6 Å². The molecule has 0 bridgehead atoms. The monoisotopic (exact) mass is 398 g/mol. The quantitative estimate of drug-likeness (QED) is 0.192. The second kappa shape index (κ2) is 15.5. The van der Waals surface area contributed by atoms with Crippen LogP contribution in [-0.2, 0) is 18.1 Å². The summed E-state index contributed by atoms with van der Waals surface area (Å²) in [6.07, 6.45) is 8.77. The summed E-state index contributed by atoms with van der Waals surface area (Å²) in [6.45, 7) is 11.4. The van der Waals surface area contributed by atoms with Crippen LogP contribution >= 0.6 is 19.4 Å². The molecule has 0 saturated carbocycles. The van der Waals surface area contributed by atoms with Gasteiger partial charge >= 0.3 is 7.82 Å². The first-order valence-electron chi connectivity index (χ1n) is 10.1. The third kappa shape index (κ3) is 13.2. The van der Waals surface area contributed by atoms with Gasteiger partial charge in [0.15, 0.2) is 0 Å². The van der Waals surface area contributed by atoms with Crippen molar-refractivity contribution in [2.75, 3.05) is 19.8 Å². The number of hydrogen-bond donors (Lipinski definition) is 0. The lowest BCUT2D eigenvalue weighted by Gasteiger charge is -2.23. The Morgan fingerprint density at radius 3 is 1.52 bits per heavy atom. The van der Waals surface area contributed by atoms with Crippen LogP contribution in [0, 0.1) is 11.8 Å². The topological polar surface area (TPSA) is 44.8 Å². The van der Waals surface area contributed by atoms with E-state index in [1.165, 1.54) is 0 Å². The van der Waals surface area contributed by atoms with Crippen molar-refractivity contribution in [1.82, 2.24) is 0 Å². The van der Waals surface area contributed by atoms with Crippen LogP contribution < -0.4 is 0 Å². The Morgan fingerprint density at radius 2 is 1.20 bits per heavy atom. The summed E-state index contributed by atoms with van der Waals surface area (Å²) in [5.41, 5.74) is 0. The van der Waals surface area contributed by atoms with Crippen molar-refractivity contribution < 1.29 is 18.1 Å². The molecule has 0 aromatic rings. The van der Waals surface area contributed by atoms with Gasteiger partial charge in [0.2, 0.25) is 0 Å². The Bertz CT molecular complexity index is 328. The average molecular weight is 399 g/mol. The minimum absolute atomic E-state index is 0.163. The van der Waals surface area contributed by atoms with E-state index >= 15 is 0 Å². The molecule has 0 saturated heterocycles. The third-order valence-electron chi connectivity index (χ3n) is 4.49. The molecule has 152 valence electrons. The maximum Gasteiger partial charge on any atom is 0.474 e. The van der Waals surface area contributed by atoms with Crippen LogP contribution in [-0.4, -0.2) is 25.2 Å². The van der Waals surface area contributed by atoms with E-state index in [1.54, 1.807) is 6.92 Å². The van der Waals surface area contributed by atoms with Crippen molar-refractivity contribution in [2.24, 2.45) is 11.8 Å². The first-order chi connectivity index (χ1) is 11.9. The van der Waals surface area contributed by atoms with E-state index in [1.807, 2.05) is 0 Å². The Balaban J connectivity index is 4.66. The fourth-order valence-electron chi connectivity index (χ4n) is 2.50. The summed E-state index contributed by atoms with van der Waals surface area (Å²) in [6, 6.07) is 0. The molecule has 3 unspecified atom stereocenters. The first kappa shape index (κ1) is 25.4. The van der Waals surface area contributed by atoms with Crippen LogP contribution in [0.25, 0.3) is 0 Å². The van der Waals surface area contributed by atoms with E-state index in [0.29, 0.717) is 25.0 Å². The molecule has 0 spiro atoms. The maximum absolute atomic E-state index is 13.0. The van der Waals surface area contributed by atoms with Gasteiger partial charge in [-0.15, -0.1) is 11.6 Å². The molecule has 0 aliphatic heterocycles.